The lowest BCUT2D eigenvalue weighted by molar-refractivity contribution is 0.0947. The third kappa shape index (κ3) is 5.08. The second-order valence-electron chi connectivity index (χ2n) is 8.19. The minimum absolute atomic E-state index is 0.256. The third-order valence-electron chi connectivity index (χ3n) is 5.80. The third-order valence-corrected chi connectivity index (χ3v) is 6.11. The van der Waals surface area contributed by atoms with Crippen LogP contribution in [0.5, 0.6) is 5.75 Å². The summed E-state index contributed by atoms with van der Waals surface area (Å²) < 4.78 is 6.86. The van der Waals surface area contributed by atoms with Gasteiger partial charge in [0.05, 0.1) is 23.4 Å². The number of tetrazole rings is 1. The van der Waals surface area contributed by atoms with Gasteiger partial charge in [-0.15, -0.1) is 5.10 Å². The predicted molar refractivity (Wildman–Crippen MR) is 122 cm³/mol. The van der Waals surface area contributed by atoms with Gasteiger partial charge in [0.1, 0.15) is 12.1 Å². The van der Waals surface area contributed by atoms with Crippen LogP contribution in [0.1, 0.15) is 41.3 Å². The minimum atomic E-state index is -0.256. The van der Waals surface area contributed by atoms with Crippen molar-refractivity contribution in [3.8, 4) is 11.4 Å². The summed E-state index contributed by atoms with van der Waals surface area (Å²) in [5.41, 5.74) is 3.23. The molecule has 8 nitrogen and oxygen atoms in total. The standard InChI is InChI=1S/C23H27ClN6O2/c1-16-6-5-9-29(13-16)14-18-8-4-3-7-17(18)12-25-23(31)19-10-20(24)21(11-22(19)32-2)30-15-26-27-28-30/h3-4,7-8,10-11,15-16H,5-6,9,12-14H2,1-2H3,(H,25,31). The number of benzene rings is 2. The maximum Gasteiger partial charge on any atom is 0.255 e. The second-order valence-corrected chi connectivity index (χ2v) is 8.60. The zero-order chi connectivity index (χ0) is 22.5. The number of likely N-dealkylation sites (tertiary alicyclic amines) is 1. The summed E-state index contributed by atoms with van der Waals surface area (Å²) in [5.74, 6) is 0.866. The number of piperidine rings is 1. The van der Waals surface area contributed by atoms with E-state index in [4.69, 9.17) is 16.3 Å². The molecule has 1 unspecified atom stereocenters. The van der Waals surface area contributed by atoms with Gasteiger partial charge in [0.15, 0.2) is 0 Å². The van der Waals surface area contributed by atoms with Crippen molar-refractivity contribution in [3.63, 3.8) is 0 Å². The minimum Gasteiger partial charge on any atom is -0.496 e. The van der Waals surface area contributed by atoms with Crippen LogP contribution in [0, 0.1) is 5.92 Å². The van der Waals surface area contributed by atoms with Crippen LogP contribution in [0.4, 0.5) is 0 Å². The average molecular weight is 455 g/mol. The molecule has 0 spiro atoms. The molecule has 1 aromatic heterocycles. The Balaban J connectivity index is 1.48. The van der Waals surface area contributed by atoms with Gasteiger partial charge in [0, 0.05) is 25.7 Å². The largest absolute Gasteiger partial charge is 0.496 e. The van der Waals surface area contributed by atoms with Crippen molar-refractivity contribution in [1.82, 2.24) is 30.4 Å². The molecule has 2 heterocycles. The summed E-state index contributed by atoms with van der Waals surface area (Å²) >= 11 is 6.40. The van der Waals surface area contributed by atoms with Crippen molar-refractivity contribution in [2.75, 3.05) is 20.2 Å². The summed E-state index contributed by atoms with van der Waals surface area (Å²) in [7, 11) is 1.51. The first-order chi connectivity index (χ1) is 15.5. The lowest BCUT2D eigenvalue weighted by Crippen LogP contribution is -2.34. The van der Waals surface area contributed by atoms with Crippen LogP contribution in [-0.2, 0) is 13.1 Å². The molecule has 0 radical (unpaired) electrons. The van der Waals surface area contributed by atoms with Crippen molar-refractivity contribution >= 4 is 17.5 Å². The number of rotatable bonds is 7. The molecule has 1 aliphatic rings. The smallest absolute Gasteiger partial charge is 0.255 e. The van der Waals surface area contributed by atoms with Gasteiger partial charge in [-0.05, 0) is 52.9 Å². The molecule has 0 aliphatic carbocycles. The van der Waals surface area contributed by atoms with Gasteiger partial charge in [-0.25, -0.2) is 0 Å². The first kappa shape index (κ1) is 22.2. The molecule has 1 atom stereocenters. The lowest BCUT2D eigenvalue weighted by atomic mass is 9.99. The number of aromatic nitrogens is 4. The molecule has 4 rings (SSSR count). The van der Waals surface area contributed by atoms with Crippen LogP contribution in [0.15, 0.2) is 42.7 Å². The van der Waals surface area contributed by atoms with Crippen LogP contribution in [0.2, 0.25) is 5.02 Å². The number of ether oxygens (including phenoxy) is 1. The maximum atomic E-state index is 13.0. The van der Waals surface area contributed by atoms with Crippen molar-refractivity contribution in [3.05, 3.63) is 64.4 Å². The Morgan fingerprint density at radius 1 is 1.28 bits per heavy atom. The first-order valence-corrected chi connectivity index (χ1v) is 11.1. The number of hydrogen-bond donors (Lipinski definition) is 1. The highest BCUT2D eigenvalue weighted by Crippen LogP contribution is 2.29. The maximum absolute atomic E-state index is 13.0. The highest BCUT2D eigenvalue weighted by Gasteiger charge is 2.19. The zero-order valence-corrected chi connectivity index (χ0v) is 19.0. The van der Waals surface area contributed by atoms with Gasteiger partial charge in [-0.1, -0.05) is 42.8 Å². The Morgan fingerprint density at radius 3 is 2.81 bits per heavy atom. The van der Waals surface area contributed by atoms with Crippen LogP contribution in [-0.4, -0.2) is 51.2 Å². The van der Waals surface area contributed by atoms with E-state index in [0.717, 1.165) is 31.1 Å². The molecule has 1 aliphatic heterocycles. The Kier molecular flexibility index (Phi) is 7.02. The number of nitrogens with zero attached hydrogens (tertiary/aromatic N) is 5. The fraction of sp³-hybridized carbons (Fsp3) is 0.391. The quantitative estimate of drug-likeness (QED) is 0.588. The van der Waals surface area contributed by atoms with Gasteiger partial charge >= 0.3 is 0 Å². The molecule has 1 fully saturated rings. The van der Waals surface area contributed by atoms with E-state index in [9.17, 15) is 4.79 Å². The summed E-state index contributed by atoms with van der Waals surface area (Å²) in [6.07, 6.45) is 3.96. The molecule has 1 N–H and O–H groups in total. The summed E-state index contributed by atoms with van der Waals surface area (Å²) in [4.78, 5) is 15.5. The molecule has 3 aromatic rings. The van der Waals surface area contributed by atoms with E-state index in [1.165, 1.54) is 36.5 Å². The summed E-state index contributed by atoms with van der Waals surface area (Å²) in [6, 6.07) is 11.5. The van der Waals surface area contributed by atoms with E-state index in [-0.39, 0.29) is 5.91 Å². The highest BCUT2D eigenvalue weighted by atomic mass is 35.5. The van der Waals surface area contributed by atoms with Crippen LogP contribution in [0.3, 0.4) is 0 Å². The van der Waals surface area contributed by atoms with E-state index in [0.29, 0.717) is 28.6 Å². The van der Waals surface area contributed by atoms with Crippen molar-refractivity contribution in [1.29, 1.82) is 0 Å². The van der Waals surface area contributed by atoms with Crippen LogP contribution in [0.25, 0.3) is 5.69 Å². The van der Waals surface area contributed by atoms with Gasteiger partial charge < -0.3 is 10.1 Å². The molecule has 1 saturated heterocycles. The van der Waals surface area contributed by atoms with E-state index >= 15 is 0 Å². The summed E-state index contributed by atoms with van der Waals surface area (Å²) in [6.45, 7) is 5.86. The SMILES string of the molecule is COc1cc(-n2cnnn2)c(Cl)cc1C(=O)NCc1ccccc1CN1CCCC(C)C1. The molecular formula is C23H27ClN6O2. The zero-order valence-electron chi connectivity index (χ0n) is 18.3. The molecule has 2 aromatic carbocycles. The monoisotopic (exact) mass is 454 g/mol. The molecule has 1 amide bonds. The highest BCUT2D eigenvalue weighted by molar-refractivity contribution is 6.33. The van der Waals surface area contributed by atoms with Gasteiger partial charge in [0.2, 0.25) is 0 Å². The average Bonchev–Trinajstić information content (AvgIpc) is 3.33. The Hall–Kier alpha value is -2.97. The topological polar surface area (TPSA) is 85.2 Å². The fourth-order valence-electron chi connectivity index (χ4n) is 4.16. The molecular weight excluding hydrogens is 428 g/mol. The number of carbonyl (C=O) groups excluding carboxylic acids is 1. The van der Waals surface area contributed by atoms with E-state index in [2.05, 4.69) is 50.9 Å². The molecule has 0 saturated carbocycles. The summed E-state index contributed by atoms with van der Waals surface area (Å²) in [5, 5.41) is 14.5. The Morgan fingerprint density at radius 2 is 2.09 bits per heavy atom. The van der Waals surface area contributed by atoms with E-state index < -0.39 is 0 Å². The lowest BCUT2D eigenvalue weighted by Gasteiger charge is -2.31. The normalized spacial score (nSPS) is 16.7. The van der Waals surface area contributed by atoms with Crippen LogP contribution >= 0.6 is 11.6 Å². The van der Waals surface area contributed by atoms with Gasteiger partial charge in [-0.2, -0.15) is 4.68 Å². The van der Waals surface area contributed by atoms with Crippen molar-refractivity contribution in [2.24, 2.45) is 5.92 Å². The number of methoxy groups -OCH3 is 1. The molecule has 32 heavy (non-hydrogen) atoms. The molecule has 0 bridgehead atoms. The second kappa shape index (κ2) is 10.1. The molecule has 168 valence electrons. The number of hydrogen-bond acceptors (Lipinski definition) is 6. The predicted octanol–water partition coefficient (Wildman–Crippen LogP) is 3.49. The Bertz CT molecular complexity index is 1070. The fourth-order valence-corrected chi connectivity index (χ4v) is 4.41. The number of carbonyl (C=O) groups is 1. The van der Waals surface area contributed by atoms with Gasteiger partial charge in [0.25, 0.3) is 5.91 Å². The van der Waals surface area contributed by atoms with Crippen molar-refractivity contribution in [2.45, 2.75) is 32.9 Å². The van der Waals surface area contributed by atoms with Crippen LogP contribution < -0.4 is 10.1 Å². The Labute approximate surface area is 192 Å². The molecule has 9 heteroatoms. The number of halogens is 1. The van der Waals surface area contributed by atoms with Gasteiger partial charge in [-0.3, -0.25) is 9.69 Å². The van der Waals surface area contributed by atoms with E-state index in [1.807, 2.05) is 6.07 Å². The van der Waals surface area contributed by atoms with E-state index in [1.54, 1.807) is 12.1 Å². The van der Waals surface area contributed by atoms with Crippen molar-refractivity contribution < 1.29 is 9.53 Å². The number of nitrogens with one attached hydrogen (secondary N) is 1. The number of amides is 1. The first-order valence-electron chi connectivity index (χ1n) is 10.7.